The van der Waals surface area contributed by atoms with Crippen molar-refractivity contribution in [2.75, 3.05) is 96.9 Å². The summed E-state index contributed by atoms with van der Waals surface area (Å²) in [5, 5.41) is 2.87. The van der Waals surface area contributed by atoms with Gasteiger partial charge in [-0.3, -0.25) is 9.36 Å². The first-order chi connectivity index (χ1) is 26.9. The number of carbonyl (C=O) groups excluding carboxylic acids is 1. The van der Waals surface area contributed by atoms with Gasteiger partial charge in [0.15, 0.2) is 0 Å². The summed E-state index contributed by atoms with van der Waals surface area (Å²) in [6.45, 7) is 13.5. The largest absolute Gasteiger partial charge is 0.379 e. The fourth-order valence-electron chi connectivity index (χ4n) is 5.95. The third-order valence-corrected chi connectivity index (χ3v) is 12.4. The van der Waals surface area contributed by atoms with Gasteiger partial charge in [-0.25, -0.2) is 0 Å². The number of unbranched alkanes of at least 4 members (excludes halogenated alkanes) is 18. The molecular weight excluding hydrogens is 740 g/mol. The van der Waals surface area contributed by atoms with Crippen LogP contribution in [0.3, 0.4) is 0 Å². The summed E-state index contributed by atoms with van der Waals surface area (Å²) in [5.41, 5.74) is 6.21. The van der Waals surface area contributed by atoms with Gasteiger partial charge in [-0.15, -0.1) is 0 Å². The molecule has 11 nitrogen and oxygen atoms in total. The van der Waals surface area contributed by atoms with Crippen LogP contribution in [0.25, 0.3) is 0 Å². The fraction of sp³-hybridized carbons (Fsp3) is 0.976. The first-order valence-corrected chi connectivity index (χ1v) is 25.2. The van der Waals surface area contributed by atoms with E-state index in [-0.39, 0.29) is 24.8 Å². The van der Waals surface area contributed by atoms with Gasteiger partial charge >= 0.3 is 7.60 Å². The standard InChI is InChI=1S/C42H87N2O9PS/c1-5-9-11-13-15-17-19-21-23-25-28-50-37-40(51-29-26-24-22-20-18-16-14-12-10-6-2)38-55-39-41(43)42(45)44-27-30-47-31-32-48-33-34-49-35-36-54(46,52-7-3)53-8-4/h40-41H,5-39,43H2,1-4H3,(H,44,45)/t40-,41+/m1/s1. The van der Waals surface area contributed by atoms with Crippen LogP contribution in [0.15, 0.2) is 0 Å². The first-order valence-electron chi connectivity index (χ1n) is 22.3. The summed E-state index contributed by atoms with van der Waals surface area (Å²) < 4.78 is 51.8. The molecule has 330 valence electrons. The zero-order valence-corrected chi connectivity index (χ0v) is 37.7. The zero-order valence-electron chi connectivity index (χ0n) is 36.0. The minimum atomic E-state index is -3.08. The summed E-state index contributed by atoms with van der Waals surface area (Å²) in [6.07, 6.45) is 26.4. The van der Waals surface area contributed by atoms with Crippen LogP contribution in [0.5, 0.6) is 0 Å². The Morgan fingerprint density at radius 1 is 0.564 bits per heavy atom. The lowest BCUT2D eigenvalue weighted by molar-refractivity contribution is -0.122. The molecule has 0 aliphatic heterocycles. The molecule has 0 heterocycles. The van der Waals surface area contributed by atoms with E-state index < -0.39 is 13.6 Å². The molecule has 0 fully saturated rings. The average molecular weight is 827 g/mol. The molecule has 0 aromatic heterocycles. The van der Waals surface area contributed by atoms with E-state index in [1.807, 2.05) is 0 Å². The topological polar surface area (TPSA) is 137 Å². The molecule has 0 rings (SSSR count). The highest BCUT2D eigenvalue weighted by Crippen LogP contribution is 2.47. The molecular formula is C42H87N2O9PS. The summed E-state index contributed by atoms with van der Waals surface area (Å²) in [6, 6.07) is -0.598. The second-order valence-corrected chi connectivity index (χ2v) is 17.6. The monoisotopic (exact) mass is 827 g/mol. The van der Waals surface area contributed by atoms with E-state index in [1.54, 1.807) is 25.6 Å². The Hall–Kier alpha value is -0.270. The molecule has 0 aliphatic rings. The lowest BCUT2D eigenvalue weighted by atomic mass is 10.1. The Balaban J connectivity index is 4.15. The highest BCUT2D eigenvalue weighted by atomic mass is 32.2. The molecule has 0 aromatic rings. The molecule has 13 heteroatoms. The maximum atomic E-state index is 12.6. The maximum Gasteiger partial charge on any atom is 0.332 e. The lowest BCUT2D eigenvalue weighted by Gasteiger charge is -2.19. The SMILES string of the molecule is CCCCCCCCCCCCOC[C@H](CSC[C@H](N)C(=O)NCCOCCOCCOCCP(=O)(OCC)OCC)OCCCCCCCCCCCC. The van der Waals surface area contributed by atoms with Crippen LogP contribution in [-0.4, -0.2) is 115 Å². The van der Waals surface area contributed by atoms with Crippen molar-refractivity contribution >= 4 is 25.3 Å². The van der Waals surface area contributed by atoms with E-state index in [1.165, 1.54) is 116 Å². The molecule has 1 amide bonds. The van der Waals surface area contributed by atoms with Crippen molar-refractivity contribution in [3.8, 4) is 0 Å². The molecule has 0 aliphatic carbocycles. The van der Waals surface area contributed by atoms with Crippen LogP contribution < -0.4 is 11.1 Å². The number of carbonyl (C=O) groups is 1. The number of hydrogen-bond donors (Lipinski definition) is 2. The molecule has 0 spiro atoms. The molecule has 0 bridgehead atoms. The van der Waals surface area contributed by atoms with Crippen LogP contribution in [0.4, 0.5) is 0 Å². The van der Waals surface area contributed by atoms with Gasteiger partial charge < -0.3 is 43.8 Å². The molecule has 55 heavy (non-hydrogen) atoms. The van der Waals surface area contributed by atoms with E-state index in [0.717, 1.165) is 31.8 Å². The Morgan fingerprint density at radius 2 is 1.02 bits per heavy atom. The minimum absolute atomic E-state index is 0.00329. The Labute approximate surface area is 342 Å². The average Bonchev–Trinajstić information content (AvgIpc) is 3.17. The maximum absolute atomic E-state index is 12.6. The van der Waals surface area contributed by atoms with Crippen LogP contribution in [0.1, 0.15) is 156 Å². The molecule has 2 atom stereocenters. The van der Waals surface area contributed by atoms with Gasteiger partial charge in [0.2, 0.25) is 5.91 Å². The highest BCUT2D eigenvalue weighted by molar-refractivity contribution is 7.99. The summed E-state index contributed by atoms with van der Waals surface area (Å²) in [4.78, 5) is 12.6. The second-order valence-electron chi connectivity index (χ2n) is 14.4. The number of amides is 1. The number of thioether (sulfide) groups is 1. The number of hydrogen-bond acceptors (Lipinski definition) is 11. The zero-order chi connectivity index (χ0) is 40.3. The quantitative estimate of drug-likeness (QED) is 0.0448. The van der Waals surface area contributed by atoms with Crippen LogP contribution in [0, 0.1) is 0 Å². The van der Waals surface area contributed by atoms with Crippen LogP contribution in [-0.2, 0) is 42.1 Å². The van der Waals surface area contributed by atoms with Gasteiger partial charge in [0, 0.05) is 31.3 Å². The lowest BCUT2D eigenvalue weighted by Crippen LogP contribution is -2.43. The number of nitrogens with one attached hydrogen (secondary N) is 1. The van der Waals surface area contributed by atoms with E-state index >= 15 is 0 Å². The molecule has 0 saturated heterocycles. The van der Waals surface area contributed by atoms with Gasteiger partial charge in [-0.05, 0) is 26.7 Å². The van der Waals surface area contributed by atoms with E-state index in [0.29, 0.717) is 65.2 Å². The third-order valence-electron chi connectivity index (χ3n) is 9.19. The third kappa shape index (κ3) is 39.0. The van der Waals surface area contributed by atoms with Crippen molar-refractivity contribution in [2.45, 2.75) is 168 Å². The van der Waals surface area contributed by atoms with Crippen molar-refractivity contribution in [3.63, 3.8) is 0 Å². The van der Waals surface area contributed by atoms with Gasteiger partial charge in [0.1, 0.15) is 0 Å². The minimum Gasteiger partial charge on any atom is -0.379 e. The summed E-state index contributed by atoms with van der Waals surface area (Å²) >= 11 is 1.65. The molecule has 3 N–H and O–H groups in total. The van der Waals surface area contributed by atoms with Crippen molar-refractivity contribution in [3.05, 3.63) is 0 Å². The van der Waals surface area contributed by atoms with Gasteiger partial charge in [0.25, 0.3) is 0 Å². The van der Waals surface area contributed by atoms with Crippen molar-refractivity contribution in [1.82, 2.24) is 5.32 Å². The summed E-state index contributed by atoms with van der Waals surface area (Å²) in [7, 11) is -3.08. The molecule has 0 saturated carbocycles. The molecule has 0 aromatic carbocycles. The number of ether oxygens (including phenoxy) is 5. The first kappa shape index (κ1) is 54.7. The van der Waals surface area contributed by atoms with Gasteiger partial charge in [-0.2, -0.15) is 11.8 Å². The van der Waals surface area contributed by atoms with Gasteiger partial charge in [0.05, 0.1) is 77.8 Å². The Morgan fingerprint density at radius 3 is 1.53 bits per heavy atom. The Bertz CT molecular complexity index is 839. The number of rotatable bonds is 46. The smallest absolute Gasteiger partial charge is 0.332 e. The summed E-state index contributed by atoms with van der Waals surface area (Å²) in [5.74, 6) is 1.10. The number of nitrogens with two attached hydrogens (primary N) is 1. The van der Waals surface area contributed by atoms with Crippen molar-refractivity contribution in [2.24, 2.45) is 5.73 Å². The van der Waals surface area contributed by atoms with Crippen LogP contribution in [0.2, 0.25) is 0 Å². The normalized spacial score (nSPS) is 13.0. The molecule has 0 radical (unpaired) electrons. The Kier molecular flexibility index (Phi) is 43.1. The predicted octanol–water partition coefficient (Wildman–Crippen LogP) is 9.72. The predicted molar refractivity (Wildman–Crippen MR) is 231 cm³/mol. The van der Waals surface area contributed by atoms with E-state index in [9.17, 15) is 9.36 Å². The molecule has 0 unspecified atom stereocenters. The second kappa shape index (κ2) is 43.3. The van der Waals surface area contributed by atoms with Gasteiger partial charge in [-0.1, -0.05) is 129 Å². The van der Waals surface area contributed by atoms with Crippen molar-refractivity contribution < 1.29 is 42.1 Å². The fourth-order valence-corrected chi connectivity index (χ4v) is 8.42. The van der Waals surface area contributed by atoms with Crippen molar-refractivity contribution in [1.29, 1.82) is 0 Å². The van der Waals surface area contributed by atoms with Crippen LogP contribution >= 0.6 is 19.4 Å². The van der Waals surface area contributed by atoms with E-state index in [2.05, 4.69) is 19.2 Å². The van der Waals surface area contributed by atoms with E-state index in [4.69, 9.17) is 38.5 Å². The highest BCUT2D eigenvalue weighted by Gasteiger charge is 2.23.